The van der Waals surface area contributed by atoms with Crippen LogP contribution in [0.1, 0.15) is 11.1 Å². The molecule has 2 aromatic carbocycles. The molecular formula is C20H22F2N8S2. The zero-order valence-corrected chi connectivity index (χ0v) is 18.6. The first-order valence-electron chi connectivity index (χ1n) is 9.68. The van der Waals surface area contributed by atoms with Gasteiger partial charge in [-0.05, 0) is 59.8 Å². The smallest absolute Gasteiger partial charge is 0.201 e. The normalized spacial score (nSPS) is 15.1. The van der Waals surface area contributed by atoms with Crippen LogP contribution in [-0.2, 0) is 0 Å². The molecule has 0 saturated carbocycles. The lowest BCUT2D eigenvalue weighted by atomic mass is 10.2. The van der Waals surface area contributed by atoms with E-state index in [1.807, 2.05) is 10.0 Å². The molecule has 0 amide bonds. The molecule has 1 aliphatic rings. The minimum absolute atomic E-state index is 0.296. The first-order chi connectivity index (χ1) is 15.5. The Morgan fingerprint density at radius 3 is 1.38 bits per heavy atom. The lowest BCUT2D eigenvalue weighted by molar-refractivity contribution is 0.0936. The maximum Gasteiger partial charge on any atom is 0.201 e. The van der Waals surface area contributed by atoms with Crippen molar-refractivity contribution >= 4 is 47.1 Å². The monoisotopic (exact) mass is 476 g/mol. The molecule has 1 heterocycles. The Kier molecular flexibility index (Phi) is 8.92. The molecule has 32 heavy (non-hydrogen) atoms. The lowest BCUT2D eigenvalue weighted by Gasteiger charge is -2.35. The van der Waals surface area contributed by atoms with Gasteiger partial charge in [-0.15, -0.1) is 0 Å². The molecule has 0 atom stereocenters. The minimum atomic E-state index is -0.296. The summed E-state index contributed by atoms with van der Waals surface area (Å²) in [6, 6.07) is 11.9. The van der Waals surface area contributed by atoms with E-state index in [0.29, 0.717) is 36.4 Å². The summed E-state index contributed by atoms with van der Waals surface area (Å²) in [5, 5.41) is 12.7. The third kappa shape index (κ3) is 8.23. The van der Waals surface area contributed by atoms with Crippen molar-refractivity contribution in [2.45, 2.75) is 0 Å². The molecule has 12 heteroatoms. The van der Waals surface area contributed by atoms with Gasteiger partial charge in [0.2, 0.25) is 10.2 Å². The van der Waals surface area contributed by atoms with Crippen molar-refractivity contribution in [3.63, 3.8) is 0 Å². The molecular weight excluding hydrogens is 454 g/mol. The summed E-state index contributed by atoms with van der Waals surface area (Å²) < 4.78 is 25.8. The predicted molar refractivity (Wildman–Crippen MR) is 129 cm³/mol. The first kappa shape index (κ1) is 23.6. The van der Waals surface area contributed by atoms with Crippen molar-refractivity contribution in [1.29, 1.82) is 0 Å². The highest BCUT2D eigenvalue weighted by Gasteiger charge is 2.17. The minimum Gasteiger partial charge on any atom is -0.294 e. The maximum atomic E-state index is 12.9. The number of thiocarbonyl (C=S) groups is 2. The molecule has 0 bridgehead atoms. The molecule has 4 N–H and O–H groups in total. The highest BCUT2D eigenvalue weighted by atomic mass is 32.1. The fourth-order valence-corrected chi connectivity index (χ4v) is 3.06. The zero-order chi connectivity index (χ0) is 22.8. The summed E-state index contributed by atoms with van der Waals surface area (Å²) in [6.45, 7) is 2.77. The number of benzene rings is 2. The van der Waals surface area contributed by atoms with Crippen LogP contribution in [-0.4, -0.2) is 58.9 Å². The van der Waals surface area contributed by atoms with Crippen molar-refractivity contribution in [1.82, 2.24) is 31.7 Å². The topological polar surface area (TPSA) is 79.3 Å². The van der Waals surface area contributed by atoms with E-state index in [1.54, 1.807) is 36.7 Å². The van der Waals surface area contributed by atoms with E-state index in [1.165, 1.54) is 24.3 Å². The highest BCUT2D eigenvalue weighted by Crippen LogP contribution is 2.01. The van der Waals surface area contributed by atoms with Crippen LogP contribution in [0.2, 0.25) is 0 Å². The fourth-order valence-electron chi connectivity index (χ4n) is 2.70. The van der Waals surface area contributed by atoms with E-state index in [9.17, 15) is 8.78 Å². The van der Waals surface area contributed by atoms with Gasteiger partial charge in [-0.25, -0.2) is 18.8 Å². The van der Waals surface area contributed by atoms with Crippen molar-refractivity contribution in [2.24, 2.45) is 10.2 Å². The molecule has 2 aromatic rings. The molecule has 1 saturated heterocycles. The Morgan fingerprint density at radius 2 is 1.03 bits per heavy atom. The number of hydrogen-bond donors (Lipinski definition) is 4. The summed E-state index contributed by atoms with van der Waals surface area (Å²) in [7, 11) is 0. The van der Waals surface area contributed by atoms with Crippen LogP contribution < -0.4 is 21.7 Å². The summed E-state index contributed by atoms with van der Waals surface area (Å²) >= 11 is 10.5. The van der Waals surface area contributed by atoms with Crippen molar-refractivity contribution in [3.8, 4) is 0 Å². The van der Waals surface area contributed by atoms with Gasteiger partial charge in [0.25, 0.3) is 0 Å². The van der Waals surface area contributed by atoms with Crippen LogP contribution in [0.15, 0.2) is 58.7 Å². The maximum absolute atomic E-state index is 12.9. The number of halogens is 2. The Bertz CT molecular complexity index is 879. The Labute approximate surface area is 195 Å². The number of nitrogens with zero attached hydrogens (tertiary/aromatic N) is 4. The molecule has 0 aliphatic carbocycles. The highest BCUT2D eigenvalue weighted by molar-refractivity contribution is 7.80. The molecule has 1 fully saturated rings. The van der Waals surface area contributed by atoms with E-state index < -0.39 is 0 Å². The Hall–Kier alpha value is -3.06. The van der Waals surface area contributed by atoms with Crippen molar-refractivity contribution in [2.75, 3.05) is 26.2 Å². The number of hydrazine groups is 2. The van der Waals surface area contributed by atoms with E-state index in [0.717, 1.165) is 11.1 Å². The number of piperazine rings is 1. The van der Waals surface area contributed by atoms with Crippen LogP contribution in [0.4, 0.5) is 8.78 Å². The second-order valence-corrected chi connectivity index (χ2v) is 7.52. The van der Waals surface area contributed by atoms with Gasteiger partial charge in [0.1, 0.15) is 11.6 Å². The second kappa shape index (κ2) is 12.1. The number of hydrogen-bond acceptors (Lipinski definition) is 6. The predicted octanol–water partition coefficient (Wildman–Crippen LogP) is 1.71. The standard InChI is InChI=1S/C20H22F2N8S2/c21-17-5-1-15(2-6-17)13-23-25-19(31)27-29-9-11-30(12-10-29)28-20(32)26-24-14-16-3-7-18(22)8-4-16/h1-8,13-14H,9-12H2,(H2,25,27,31)(H2,26,28,32)/b23-13-,24-14+. The van der Waals surface area contributed by atoms with E-state index in [4.69, 9.17) is 24.4 Å². The van der Waals surface area contributed by atoms with Crippen LogP contribution in [0.25, 0.3) is 0 Å². The first-order valence-corrected chi connectivity index (χ1v) is 10.5. The molecule has 0 unspecified atom stereocenters. The summed E-state index contributed by atoms with van der Waals surface area (Å²) in [6.07, 6.45) is 3.11. The molecule has 0 aromatic heterocycles. The van der Waals surface area contributed by atoms with Gasteiger partial charge in [0, 0.05) is 26.2 Å². The van der Waals surface area contributed by atoms with Gasteiger partial charge in [-0.2, -0.15) is 10.2 Å². The number of hydrazone groups is 2. The van der Waals surface area contributed by atoms with Crippen LogP contribution in [0.3, 0.4) is 0 Å². The van der Waals surface area contributed by atoms with E-state index >= 15 is 0 Å². The third-order valence-electron chi connectivity index (χ3n) is 4.30. The van der Waals surface area contributed by atoms with Crippen LogP contribution in [0, 0.1) is 11.6 Å². The average molecular weight is 477 g/mol. The van der Waals surface area contributed by atoms with Gasteiger partial charge in [0.05, 0.1) is 12.4 Å². The number of nitrogens with one attached hydrogen (secondary N) is 4. The van der Waals surface area contributed by atoms with Gasteiger partial charge < -0.3 is 0 Å². The van der Waals surface area contributed by atoms with Gasteiger partial charge in [-0.1, -0.05) is 24.3 Å². The quantitative estimate of drug-likeness (QED) is 0.285. The lowest BCUT2D eigenvalue weighted by Crippen LogP contribution is -2.59. The van der Waals surface area contributed by atoms with E-state index in [2.05, 4.69) is 31.9 Å². The molecule has 8 nitrogen and oxygen atoms in total. The molecule has 168 valence electrons. The van der Waals surface area contributed by atoms with E-state index in [-0.39, 0.29) is 11.6 Å². The largest absolute Gasteiger partial charge is 0.294 e. The van der Waals surface area contributed by atoms with Crippen molar-refractivity contribution in [3.05, 3.63) is 71.3 Å². The molecule has 1 aliphatic heterocycles. The molecule has 0 radical (unpaired) electrons. The summed E-state index contributed by atoms with van der Waals surface area (Å²) in [5.74, 6) is -0.592. The second-order valence-electron chi connectivity index (χ2n) is 6.70. The van der Waals surface area contributed by atoms with Crippen LogP contribution in [0.5, 0.6) is 0 Å². The van der Waals surface area contributed by atoms with Gasteiger partial charge in [-0.3, -0.25) is 21.7 Å². The SMILES string of the molecule is Fc1ccc(/C=N\NC(=S)NN2CCN(NC(=S)N/N=C/c3ccc(F)cc3)CC2)cc1. The molecule has 0 spiro atoms. The molecule has 3 rings (SSSR count). The fraction of sp³-hybridized carbons (Fsp3) is 0.200. The van der Waals surface area contributed by atoms with Gasteiger partial charge in [0.15, 0.2) is 0 Å². The summed E-state index contributed by atoms with van der Waals surface area (Å²) in [4.78, 5) is 0. The van der Waals surface area contributed by atoms with Crippen LogP contribution >= 0.6 is 24.4 Å². The van der Waals surface area contributed by atoms with Crippen molar-refractivity contribution < 1.29 is 8.78 Å². The zero-order valence-electron chi connectivity index (χ0n) is 17.0. The number of rotatable bonds is 6. The Balaban J connectivity index is 1.31. The van der Waals surface area contributed by atoms with Gasteiger partial charge >= 0.3 is 0 Å². The summed E-state index contributed by atoms with van der Waals surface area (Å²) in [5.41, 5.74) is 13.1. The average Bonchev–Trinajstić information content (AvgIpc) is 2.78. The Morgan fingerprint density at radius 1 is 0.688 bits per heavy atom. The third-order valence-corrected chi connectivity index (χ3v) is 4.66.